The van der Waals surface area contributed by atoms with Crippen molar-refractivity contribution < 1.29 is 74.9 Å². The van der Waals surface area contributed by atoms with Crippen molar-refractivity contribution in [3.8, 4) is 6.07 Å². The topological polar surface area (TPSA) is 228 Å². The molecule has 22 heteroatoms. The van der Waals surface area contributed by atoms with Gasteiger partial charge in [-0.1, -0.05) is 24.3 Å². The van der Waals surface area contributed by atoms with Crippen molar-refractivity contribution in [1.82, 2.24) is 14.8 Å². The number of phosphoric ester groups is 1. The minimum absolute atomic E-state index is 0.118. The Kier molecular flexibility index (Phi) is 16.4. The molecule has 3 aromatic rings. The first-order valence-corrected chi connectivity index (χ1v) is 19.2. The van der Waals surface area contributed by atoms with Crippen LogP contribution in [-0.2, 0) is 59.2 Å². The van der Waals surface area contributed by atoms with E-state index >= 15 is 4.39 Å². The second-order valence-electron chi connectivity index (χ2n) is 11.9. The van der Waals surface area contributed by atoms with Crippen LogP contribution in [0.1, 0.15) is 37.0 Å². The lowest BCUT2D eigenvalue weighted by molar-refractivity contribution is -0.173. The zero-order valence-electron chi connectivity index (χ0n) is 30.1. The number of carbonyl (C=O) groups is 3. The third-order valence-corrected chi connectivity index (χ3v) is 9.64. The largest absolute Gasteiger partial charge is 0.512 e. The van der Waals surface area contributed by atoms with Crippen LogP contribution in [0.25, 0.3) is 6.08 Å². The first-order chi connectivity index (χ1) is 27.1. The average Bonchev–Trinajstić information content (AvgIpc) is 3.66. The van der Waals surface area contributed by atoms with Crippen LogP contribution in [0.2, 0.25) is 0 Å². The maximum atomic E-state index is 15.7. The normalized spacial score (nSPS) is 18.0. The number of hydrogen-bond donors (Lipinski definition) is 2. The van der Waals surface area contributed by atoms with Crippen LogP contribution in [0.15, 0.2) is 67.3 Å². The molecule has 2 heterocycles. The monoisotopic (exact) mass is 840 g/mol. The molecule has 1 saturated heterocycles. The molecule has 57 heavy (non-hydrogen) atoms. The second-order valence-corrected chi connectivity index (χ2v) is 14.8. The van der Waals surface area contributed by atoms with Crippen molar-refractivity contribution in [1.29, 1.82) is 5.26 Å². The van der Waals surface area contributed by atoms with E-state index in [-0.39, 0.29) is 36.4 Å². The molecule has 306 valence electrons. The Hall–Kier alpha value is -5.07. The van der Waals surface area contributed by atoms with E-state index in [4.69, 9.17) is 38.7 Å². The van der Waals surface area contributed by atoms with Gasteiger partial charge in [0, 0.05) is 29.4 Å². The lowest BCUT2D eigenvalue weighted by Crippen LogP contribution is -2.47. The van der Waals surface area contributed by atoms with Gasteiger partial charge in [-0.15, -0.1) is 11.8 Å². The number of aromatic nitrogens is 3. The molecular formula is C35H36F3N4O13PS. The van der Waals surface area contributed by atoms with Gasteiger partial charge >= 0.3 is 25.9 Å². The number of phosphoric acid groups is 1. The first kappa shape index (κ1) is 44.6. The van der Waals surface area contributed by atoms with Gasteiger partial charge < -0.3 is 38.2 Å². The molecule has 0 amide bonds. The molecule has 1 aliphatic heterocycles. The number of hydrogen-bond acceptors (Lipinski definition) is 15. The van der Waals surface area contributed by atoms with E-state index in [9.17, 15) is 27.7 Å². The summed E-state index contributed by atoms with van der Waals surface area (Å²) in [7, 11) is -4.92. The highest BCUT2D eigenvalue weighted by molar-refractivity contribution is 8.00. The van der Waals surface area contributed by atoms with Gasteiger partial charge in [-0.05, 0) is 37.3 Å². The van der Waals surface area contributed by atoms with Gasteiger partial charge in [0.15, 0.2) is 18.5 Å². The molecular weight excluding hydrogens is 804 g/mol. The van der Waals surface area contributed by atoms with E-state index in [1.807, 2.05) is 6.07 Å². The van der Waals surface area contributed by atoms with E-state index < -0.39 is 91.7 Å². The minimum Gasteiger partial charge on any atom is -0.463 e. The number of ether oxygens (including phenoxy) is 6. The lowest BCUT2D eigenvalue weighted by atomic mass is 9.89. The Morgan fingerprint density at radius 3 is 2.49 bits per heavy atom. The number of nitrogens with zero attached hydrogens (tertiary/aromatic N) is 4. The Bertz CT molecular complexity index is 2010. The van der Waals surface area contributed by atoms with Crippen LogP contribution in [0.3, 0.4) is 0 Å². The number of esters is 2. The number of allylic oxidation sites excluding steroid dienone is 2. The van der Waals surface area contributed by atoms with Crippen molar-refractivity contribution in [2.75, 3.05) is 26.4 Å². The van der Waals surface area contributed by atoms with Crippen LogP contribution in [0, 0.1) is 28.8 Å². The summed E-state index contributed by atoms with van der Waals surface area (Å²) >= 11 is 1.19. The summed E-state index contributed by atoms with van der Waals surface area (Å²) in [6.45, 7) is 1.03. The molecule has 0 saturated carbocycles. The smallest absolute Gasteiger partial charge is 0.463 e. The van der Waals surface area contributed by atoms with Crippen LogP contribution in [0.4, 0.5) is 18.0 Å². The second kappa shape index (κ2) is 20.9. The SMILES string of the molecule is CC(OC(=O)CCOC(=O)COP(=O)(O)O)OC(=O)OC(Cn1cncn1)(c1ccc(F)cc1F)C(C)SC1COC(C=CC=Cc2ccc(C#N)cc2F)OC1. The number of benzene rings is 2. The summed E-state index contributed by atoms with van der Waals surface area (Å²) in [5.41, 5.74) is -1.77. The summed E-state index contributed by atoms with van der Waals surface area (Å²) in [4.78, 5) is 58.4. The number of carbonyl (C=O) groups excluding carboxylic acids is 3. The standard InChI is InChI=1S/C35H36F3N4O13PS/c1-22(57-27-16-50-33(51-17-27)6-4-3-5-25-8-7-24(15-39)13-29(25)37)35(19-42-21-40-20-41-42,28-10-9-26(36)14-30(28)38)55-34(45)54-23(2)53-31(43)11-12-49-32(44)18-52-56(46,47)48/h3-10,13-14,20-23,27,33H,11-12,16-19H2,1-2H3,(H2,46,47,48). The van der Waals surface area contributed by atoms with E-state index in [1.54, 1.807) is 25.2 Å². The fraction of sp³-hybridized carbons (Fsp3) is 0.371. The number of nitriles is 1. The molecule has 2 aromatic carbocycles. The Labute approximate surface area is 327 Å². The van der Waals surface area contributed by atoms with E-state index in [2.05, 4.69) is 19.3 Å². The summed E-state index contributed by atoms with van der Waals surface area (Å²) in [5.74, 6) is -4.71. The maximum absolute atomic E-state index is 15.7. The van der Waals surface area contributed by atoms with E-state index in [0.717, 1.165) is 25.1 Å². The molecule has 3 unspecified atom stereocenters. The molecule has 0 bridgehead atoms. The molecule has 4 rings (SSSR count). The van der Waals surface area contributed by atoms with Gasteiger partial charge in [0.1, 0.15) is 36.7 Å². The Morgan fingerprint density at radius 2 is 1.84 bits per heavy atom. The quantitative estimate of drug-likeness (QED) is 0.0583. The molecule has 0 spiro atoms. The van der Waals surface area contributed by atoms with Gasteiger partial charge in [0.05, 0.1) is 43.1 Å². The Morgan fingerprint density at radius 1 is 1.09 bits per heavy atom. The fourth-order valence-corrected chi connectivity index (χ4v) is 6.76. The lowest BCUT2D eigenvalue weighted by Gasteiger charge is -2.40. The average molecular weight is 841 g/mol. The Balaban J connectivity index is 1.42. The zero-order valence-corrected chi connectivity index (χ0v) is 31.9. The van der Waals surface area contributed by atoms with Crippen LogP contribution < -0.4 is 0 Å². The fourth-order valence-electron chi connectivity index (χ4n) is 5.13. The predicted molar refractivity (Wildman–Crippen MR) is 191 cm³/mol. The van der Waals surface area contributed by atoms with Crippen molar-refractivity contribution in [3.05, 3.63) is 101 Å². The number of rotatable bonds is 18. The predicted octanol–water partition coefficient (Wildman–Crippen LogP) is 4.68. The first-order valence-electron chi connectivity index (χ1n) is 16.7. The van der Waals surface area contributed by atoms with Gasteiger partial charge in [-0.3, -0.25) is 9.32 Å². The summed E-state index contributed by atoms with van der Waals surface area (Å²) < 4.78 is 92.3. The van der Waals surface area contributed by atoms with Crippen molar-refractivity contribution >= 4 is 43.8 Å². The highest BCUT2D eigenvalue weighted by Crippen LogP contribution is 2.42. The molecule has 17 nitrogen and oxygen atoms in total. The van der Waals surface area contributed by atoms with Crippen molar-refractivity contribution in [3.63, 3.8) is 0 Å². The summed E-state index contributed by atoms with van der Waals surface area (Å²) in [6, 6.07) is 8.65. The van der Waals surface area contributed by atoms with Crippen LogP contribution in [0.5, 0.6) is 0 Å². The molecule has 2 N–H and O–H groups in total. The maximum Gasteiger partial charge on any atom is 0.512 e. The van der Waals surface area contributed by atoms with Crippen molar-refractivity contribution in [2.45, 2.75) is 55.5 Å². The molecule has 1 aromatic heterocycles. The molecule has 3 atom stereocenters. The molecule has 0 aliphatic carbocycles. The van der Waals surface area contributed by atoms with E-state index in [0.29, 0.717) is 6.07 Å². The van der Waals surface area contributed by atoms with Gasteiger partial charge in [-0.25, -0.2) is 37.0 Å². The summed E-state index contributed by atoms with van der Waals surface area (Å²) in [6.07, 6.45) is 4.41. The highest BCUT2D eigenvalue weighted by Gasteiger charge is 2.47. The zero-order chi connectivity index (χ0) is 41.6. The molecule has 1 fully saturated rings. The number of thioether (sulfide) groups is 1. The highest BCUT2D eigenvalue weighted by atomic mass is 32.2. The van der Waals surface area contributed by atoms with E-state index in [1.165, 1.54) is 47.3 Å². The van der Waals surface area contributed by atoms with Gasteiger partial charge in [0.2, 0.25) is 6.29 Å². The van der Waals surface area contributed by atoms with Gasteiger partial charge in [0.25, 0.3) is 0 Å². The van der Waals surface area contributed by atoms with Crippen molar-refractivity contribution in [2.24, 2.45) is 0 Å². The third kappa shape index (κ3) is 14.1. The van der Waals surface area contributed by atoms with Crippen LogP contribution in [-0.4, -0.2) is 92.2 Å². The minimum atomic E-state index is -4.92. The molecule has 0 radical (unpaired) electrons. The molecule has 1 aliphatic rings. The summed E-state index contributed by atoms with van der Waals surface area (Å²) in [5, 5.41) is 11.7. The van der Waals surface area contributed by atoms with Crippen LogP contribution >= 0.6 is 19.6 Å². The van der Waals surface area contributed by atoms with Gasteiger partial charge in [-0.2, -0.15) is 10.4 Å². The third-order valence-electron chi connectivity index (χ3n) is 7.73. The number of halogens is 3.